The molecule has 184 valence electrons. The van der Waals surface area contributed by atoms with Crippen molar-refractivity contribution in [3.05, 3.63) is 35.4 Å². The van der Waals surface area contributed by atoms with Crippen molar-refractivity contribution in [1.29, 1.82) is 0 Å². The topological polar surface area (TPSA) is 87.7 Å². The first-order valence-electron chi connectivity index (χ1n) is 12.1. The van der Waals surface area contributed by atoms with Crippen LogP contribution in [0.2, 0.25) is 0 Å². The van der Waals surface area contributed by atoms with Crippen molar-refractivity contribution in [2.24, 2.45) is 0 Å². The van der Waals surface area contributed by atoms with E-state index >= 15 is 0 Å². The monoisotopic (exact) mass is 459 g/mol. The molecule has 1 aliphatic carbocycles. The minimum absolute atomic E-state index is 0.00433. The van der Waals surface area contributed by atoms with Gasteiger partial charge in [-0.15, -0.1) is 0 Å². The molecule has 0 spiro atoms. The highest BCUT2D eigenvalue weighted by molar-refractivity contribution is 5.92. The van der Waals surface area contributed by atoms with Gasteiger partial charge in [-0.3, -0.25) is 9.59 Å². The predicted octanol–water partition coefficient (Wildman–Crippen LogP) is 4.64. The van der Waals surface area contributed by atoms with Gasteiger partial charge in [0.15, 0.2) is 0 Å². The number of nitrogens with zero attached hydrogens (tertiary/aromatic N) is 1. The van der Waals surface area contributed by atoms with E-state index in [2.05, 4.69) is 17.6 Å². The fourth-order valence-electron chi connectivity index (χ4n) is 4.09. The smallest absolute Gasteiger partial charge is 0.408 e. The van der Waals surface area contributed by atoms with Crippen molar-refractivity contribution in [1.82, 2.24) is 15.5 Å². The summed E-state index contributed by atoms with van der Waals surface area (Å²) in [7, 11) is 0. The van der Waals surface area contributed by atoms with Crippen molar-refractivity contribution in [2.75, 3.05) is 0 Å². The molecule has 1 fully saturated rings. The highest BCUT2D eigenvalue weighted by Crippen LogP contribution is 2.34. The molecular formula is C26H41N3O4. The number of carbonyl (C=O) groups is 3. The van der Waals surface area contributed by atoms with Crippen molar-refractivity contribution < 1.29 is 19.1 Å². The maximum absolute atomic E-state index is 13.7. The van der Waals surface area contributed by atoms with Crippen LogP contribution in [0, 0.1) is 6.92 Å². The number of nitrogens with one attached hydrogen (secondary N) is 2. The van der Waals surface area contributed by atoms with Gasteiger partial charge < -0.3 is 20.3 Å². The second kappa shape index (κ2) is 11.5. The third kappa shape index (κ3) is 7.47. The van der Waals surface area contributed by atoms with Crippen LogP contribution in [0.15, 0.2) is 24.3 Å². The Morgan fingerprint density at radius 2 is 1.76 bits per heavy atom. The molecule has 3 unspecified atom stereocenters. The first kappa shape index (κ1) is 26.7. The molecule has 0 saturated heterocycles. The zero-order valence-electron chi connectivity index (χ0n) is 21.2. The number of benzene rings is 1. The Bertz CT molecular complexity index is 829. The Kier molecular flexibility index (Phi) is 9.32. The van der Waals surface area contributed by atoms with E-state index in [0.717, 1.165) is 43.2 Å². The van der Waals surface area contributed by atoms with Crippen LogP contribution < -0.4 is 10.6 Å². The molecule has 3 amide bonds. The lowest BCUT2D eigenvalue weighted by Crippen LogP contribution is -2.57. The van der Waals surface area contributed by atoms with E-state index in [4.69, 9.17) is 4.74 Å². The standard InChI is InChI=1S/C26H41N3O4/c1-8-12-18(3)27-23(30)22(21-16-10-9-13-17(21)2)29(20-14-11-15-20)24(31)19(4)28-25(32)33-26(5,6)7/h9-10,13,16,18-20,22H,8,11-12,14-15H2,1-7H3,(H,27,30)(H,28,32). The second-order valence-electron chi connectivity index (χ2n) is 10.2. The largest absolute Gasteiger partial charge is 0.444 e. The summed E-state index contributed by atoms with van der Waals surface area (Å²) >= 11 is 0. The van der Waals surface area contributed by atoms with Gasteiger partial charge >= 0.3 is 6.09 Å². The molecule has 2 N–H and O–H groups in total. The van der Waals surface area contributed by atoms with E-state index in [1.165, 1.54) is 0 Å². The molecule has 33 heavy (non-hydrogen) atoms. The lowest BCUT2D eigenvalue weighted by molar-refractivity contribution is -0.147. The van der Waals surface area contributed by atoms with Crippen LogP contribution >= 0.6 is 0 Å². The third-order valence-electron chi connectivity index (χ3n) is 5.95. The Morgan fingerprint density at radius 1 is 1.12 bits per heavy atom. The second-order valence-corrected chi connectivity index (χ2v) is 10.2. The van der Waals surface area contributed by atoms with Crippen molar-refractivity contribution in [3.8, 4) is 0 Å². The summed E-state index contributed by atoms with van der Waals surface area (Å²) in [6.07, 6.45) is 3.86. The molecule has 3 atom stereocenters. The number of hydrogen-bond acceptors (Lipinski definition) is 4. The first-order chi connectivity index (χ1) is 15.4. The molecule has 1 aliphatic rings. The minimum Gasteiger partial charge on any atom is -0.444 e. The summed E-state index contributed by atoms with van der Waals surface area (Å²) in [6.45, 7) is 13.0. The molecule has 7 nitrogen and oxygen atoms in total. The number of amides is 3. The number of aryl methyl sites for hydroxylation is 1. The van der Waals surface area contributed by atoms with Gasteiger partial charge in [-0.2, -0.15) is 0 Å². The lowest BCUT2D eigenvalue weighted by atomic mass is 9.87. The van der Waals surface area contributed by atoms with Gasteiger partial charge in [0.05, 0.1) is 0 Å². The average molecular weight is 460 g/mol. The Hall–Kier alpha value is -2.57. The van der Waals surface area contributed by atoms with E-state index in [0.29, 0.717) is 0 Å². The molecular weight excluding hydrogens is 418 g/mol. The van der Waals surface area contributed by atoms with E-state index in [1.807, 2.05) is 38.1 Å². The van der Waals surface area contributed by atoms with Gasteiger partial charge in [0.25, 0.3) is 0 Å². The highest BCUT2D eigenvalue weighted by Gasteiger charge is 2.41. The van der Waals surface area contributed by atoms with Crippen molar-refractivity contribution in [3.63, 3.8) is 0 Å². The molecule has 0 heterocycles. The number of hydrogen-bond donors (Lipinski definition) is 2. The number of alkyl carbamates (subject to hydrolysis) is 1. The molecule has 1 aromatic carbocycles. The highest BCUT2D eigenvalue weighted by atomic mass is 16.6. The predicted molar refractivity (Wildman–Crippen MR) is 130 cm³/mol. The average Bonchev–Trinajstić information content (AvgIpc) is 2.65. The van der Waals surface area contributed by atoms with Crippen LogP contribution in [0.3, 0.4) is 0 Å². The first-order valence-corrected chi connectivity index (χ1v) is 12.1. The zero-order chi connectivity index (χ0) is 24.8. The quantitative estimate of drug-likeness (QED) is 0.563. The van der Waals surface area contributed by atoms with Crippen molar-refractivity contribution in [2.45, 2.75) is 110 Å². The Balaban J connectivity index is 2.37. The number of ether oxygens (including phenoxy) is 1. The van der Waals surface area contributed by atoms with Crippen LogP contribution in [-0.2, 0) is 14.3 Å². The SMILES string of the molecule is CCCC(C)NC(=O)C(c1ccccc1C)N(C(=O)C(C)NC(=O)OC(C)(C)C)C1CCC1. The van der Waals surface area contributed by atoms with E-state index in [-0.39, 0.29) is 23.9 Å². The zero-order valence-corrected chi connectivity index (χ0v) is 21.2. The van der Waals surface area contributed by atoms with E-state index < -0.39 is 23.8 Å². The molecule has 0 aromatic heterocycles. The van der Waals surface area contributed by atoms with Crippen LogP contribution in [0.1, 0.15) is 90.8 Å². The van der Waals surface area contributed by atoms with Gasteiger partial charge in [-0.25, -0.2) is 4.79 Å². The molecule has 0 bridgehead atoms. The van der Waals surface area contributed by atoms with Crippen LogP contribution in [0.4, 0.5) is 4.79 Å². The normalized spacial score (nSPS) is 16.7. The summed E-state index contributed by atoms with van der Waals surface area (Å²) < 4.78 is 5.33. The van der Waals surface area contributed by atoms with Crippen LogP contribution in [0.5, 0.6) is 0 Å². The van der Waals surface area contributed by atoms with Crippen molar-refractivity contribution >= 4 is 17.9 Å². The Labute approximate surface area is 198 Å². The van der Waals surface area contributed by atoms with E-state index in [1.54, 1.807) is 32.6 Å². The summed E-state index contributed by atoms with van der Waals surface area (Å²) in [5.41, 5.74) is 1.09. The molecule has 2 rings (SSSR count). The van der Waals surface area contributed by atoms with Crippen LogP contribution in [0.25, 0.3) is 0 Å². The maximum Gasteiger partial charge on any atom is 0.408 e. The molecule has 0 aliphatic heterocycles. The Morgan fingerprint density at radius 3 is 2.27 bits per heavy atom. The third-order valence-corrected chi connectivity index (χ3v) is 5.95. The summed E-state index contributed by atoms with van der Waals surface area (Å²) in [5, 5.41) is 5.77. The molecule has 1 saturated carbocycles. The number of rotatable bonds is 9. The summed E-state index contributed by atoms with van der Waals surface area (Å²) in [5.74, 6) is -0.466. The summed E-state index contributed by atoms with van der Waals surface area (Å²) in [6, 6.07) is 6.06. The lowest BCUT2D eigenvalue weighted by Gasteiger charge is -2.43. The van der Waals surface area contributed by atoms with Gasteiger partial charge in [0, 0.05) is 12.1 Å². The van der Waals surface area contributed by atoms with Gasteiger partial charge in [-0.05, 0) is 78.4 Å². The fourth-order valence-corrected chi connectivity index (χ4v) is 4.09. The molecule has 0 radical (unpaired) electrons. The van der Waals surface area contributed by atoms with Crippen LogP contribution in [-0.4, -0.2) is 46.5 Å². The number of carbonyl (C=O) groups excluding carboxylic acids is 3. The van der Waals surface area contributed by atoms with E-state index in [9.17, 15) is 14.4 Å². The van der Waals surface area contributed by atoms with Gasteiger partial charge in [0.2, 0.25) is 11.8 Å². The minimum atomic E-state index is -0.826. The summed E-state index contributed by atoms with van der Waals surface area (Å²) in [4.78, 5) is 41.3. The van der Waals surface area contributed by atoms with Gasteiger partial charge in [-0.1, -0.05) is 37.6 Å². The molecule has 7 heteroatoms. The molecule has 1 aromatic rings. The van der Waals surface area contributed by atoms with Gasteiger partial charge in [0.1, 0.15) is 17.7 Å². The maximum atomic E-state index is 13.7. The fraction of sp³-hybridized carbons (Fsp3) is 0.654.